The maximum Gasteiger partial charge on any atom is 0.294 e. The van der Waals surface area contributed by atoms with Gasteiger partial charge in [0.15, 0.2) is 6.61 Å². The Kier molecular flexibility index (Phi) is 4.06. The van der Waals surface area contributed by atoms with E-state index in [9.17, 15) is 13.2 Å². The van der Waals surface area contributed by atoms with Gasteiger partial charge in [0.25, 0.3) is 16.0 Å². The molecule has 19 heavy (non-hydrogen) atoms. The Labute approximate surface area is 111 Å². The molecule has 1 heterocycles. The molecule has 1 aliphatic heterocycles. The third-order valence-electron chi connectivity index (χ3n) is 2.94. The van der Waals surface area contributed by atoms with Gasteiger partial charge in [-0.15, -0.1) is 0 Å². The van der Waals surface area contributed by atoms with Crippen LogP contribution in [0.15, 0.2) is 29.2 Å². The van der Waals surface area contributed by atoms with Crippen LogP contribution in [-0.4, -0.2) is 43.5 Å². The molecule has 1 aliphatic rings. The van der Waals surface area contributed by atoms with E-state index in [0.717, 1.165) is 25.9 Å². The molecule has 0 saturated carbocycles. The summed E-state index contributed by atoms with van der Waals surface area (Å²) >= 11 is 0. The standard InChI is InChI=1S/C12H15NO5S/c14-12(13-7-1-2-8-13)9-18-10-3-5-11(6-4-10)19(15,16)17/h3-6H,1-2,7-9H2,(H,15,16,17). The summed E-state index contributed by atoms with van der Waals surface area (Å²) in [5, 5.41) is 0. The molecular formula is C12H15NO5S. The first-order valence-electron chi connectivity index (χ1n) is 5.95. The Morgan fingerprint density at radius 3 is 2.32 bits per heavy atom. The molecule has 1 aromatic carbocycles. The van der Waals surface area contributed by atoms with Gasteiger partial charge < -0.3 is 9.64 Å². The second-order valence-corrected chi connectivity index (χ2v) is 5.74. The van der Waals surface area contributed by atoms with Crippen LogP contribution in [0.3, 0.4) is 0 Å². The number of hydrogen-bond donors (Lipinski definition) is 1. The van der Waals surface area contributed by atoms with Crippen molar-refractivity contribution >= 4 is 16.0 Å². The molecule has 0 radical (unpaired) electrons. The van der Waals surface area contributed by atoms with Gasteiger partial charge in [-0.05, 0) is 37.1 Å². The predicted molar refractivity (Wildman–Crippen MR) is 67.6 cm³/mol. The minimum atomic E-state index is -4.19. The molecule has 1 N–H and O–H groups in total. The SMILES string of the molecule is O=C(COc1ccc(S(=O)(=O)O)cc1)N1CCCC1. The Balaban J connectivity index is 1.91. The number of ether oxygens (including phenoxy) is 1. The highest BCUT2D eigenvalue weighted by Gasteiger charge is 2.18. The first-order valence-corrected chi connectivity index (χ1v) is 7.39. The fourth-order valence-electron chi connectivity index (χ4n) is 1.91. The van der Waals surface area contributed by atoms with Crippen molar-refractivity contribution in [3.05, 3.63) is 24.3 Å². The first kappa shape index (κ1) is 13.8. The van der Waals surface area contributed by atoms with E-state index in [-0.39, 0.29) is 17.4 Å². The van der Waals surface area contributed by atoms with Gasteiger partial charge in [-0.1, -0.05) is 0 Å². The second kappa shape index (κ2) is 5.58. The van der Waals surface area contributed by atoms with E-state index in [2.05, 4.69) is 0 Å². The van der Waals surface area contributed by atoms with E-state index in [1.165, 1.54) is 24.3 Å². The van der Waals surface area contributed by atoms with Gasteiger partial charge >= 0.3 is 0 Å². The summed E-state index contributed by atoms with van der Waals surface area (Å²) in [5.41, 5.74) is 0. The predicted octanol–water partition coefficient (Wildman–Crippen LogP) is 0.935. The van der Waals surface area contributed by atoms with E-state index in [1.807, 2.05) is 0 Å². The quantitative estimate of drug-likeness (QED) is 0.832. The number of benzene rings is 1. The van der Waals surface area contributed by atoms with Crippen LogP contribution in [0, 0.1) is 0 Å². The van der Waals surface area contributed by atoms with E-state index in [0.29, 0.717) is 5.75 Å². The van der Waals surface area contributed by atoms with Crippen LogP contribution in [-0.2, 0) is 14.9 Å². The summed E-state index contributed by atoms with van der Waals surface area (Å²) in [7, 11) is -4.19. The van der Waals surface area contributed by atoms with Crippen molar-refractivity contribution in [1.82, 2.24) is 4.90 Å². The summed E-state index contributed by atoms with van der Waals surface area (Å²) < 4.78 is 35.8. The molecule has 0 bridgehead atoms. The zero-order chi connectivity index (χ0) is 13.9. The molecule has 1 fully saturated rings. The Morgan fingerprint density at radius 2 is 1.79 bits per heavy atom. The lowest BCUT2D eigenvalue weighted by atomic mass is 10.3. The highest BCUT2D eigenvalue weighted by Crippen LogP contribution is 2.16. The topological polar surface area (TPSA) is 83.9 Å². The maximum absolute atomic E-state index is 11.7. The number of hydrogen-bond acceptors (Lipinski definition) is 4. The van der Waals surface area contributed by atoms with Crippen LogP contribution in [0.25, 0.3) is 0 Å². The van der Waals surface area contributed by atoms with Gasteiger partial charge in [-0.25, -0.2) is 0 Å². The fourth-order valence-corrected chi connectivity index (χ4v) is 2.39. The molecule has 104 valence electrons. The number of carbonyl (C=O) groups is 1. The van der Waals surface area contributed by atoms with Gasteiger partial charge in [0.1, 0.15) is 5.75 Å². The minimum absolute atomic E-state index is 0.0643. The first-order chi connectivity index (χ1) is 8.97. The van der Waals surface area contributed by atoms with Crippen molar-refractivity contribution in [2.45, 2.75) is 17.7 Å². The highest BCUT2D eigenvalue weighted by atomic mass is 32.2. The van der Waals surface area contributed by atoms with Crippen molar-refractivity contribution in [2.24, 2.45) is 0 Å². The number of carbonyl (C=O) groups excluding carboxylic acids is 1. The van der Waals surface area contributed by atoms with Gasteiger partial charge in [0.05, 0.1) is 4.90 Å². The molecule has 0 aromatic heterocycles. The van der Waals surface area contributed by atoms with Gasteiger partial charge in [0.2, 0.25) is 0 Å². The summed E-state index contributed by atoms with van der Waals surface area (Å²) in [4.78, 5) is 13.2. The molecule has 0 spiro atoms. The monoisotopic (exact) mass is 285 g/mol. The van der Waals surface area contributed by atoms with Gasteiger partial charge in [-0.3, -0.25) is 9.35 Å². The average molecular weight is 285 g/mol. The zero-order valence-electron chi connectivity index (χ0n) is 10.3. The lowest BCUT2D eigenvalue weighted by molar-refractivity contribution is -0.132. The summed E-state index contributed by atoms with van der Waals surface area (Å²) in [5.74, 6) is 0.316. The van der Waals surface area contributed by atoms with Gasteiger partial charge in [0, 0.05) is 13.1 Å². The highest BCUT2D eigenvalue weighted by molar-refractivity contribution is 7.85. The lowest BCUT2D eigenvalue weighted by Crippen LogP contribution is -2.32. The summed E-state index contributed by atoms with van der Waals surface area (Å²) in [6, 6.07) is 5.26. The van der Waals surface area contributed by atoms with Crippen molar-refractivity contribution in [3.63, 3.8) is 0 Å². The third kappa shape index (κ3) is 3.68. The van der Waals surface area contributed by atoms with E-state index in [1.54, 1.807) is 4.90 Å². The zero-order valence-corrected chi connectivity index (χ0v) is 11.1. The average Bonchev–Trinajstić information content (AvgIpc) is 2.89. The summed E-state index contributed by atoms with van der Waals surface area (Å²) in [6.07, 6.45) is 2.05. The molecular weight excluding hydrogens is 270 g/mol. The number of nitrogens with zero attached hydrogens (tertiary/aromatic N) is 1. The minimum Gasteiger partial charge on any atom is -0.484 e. The fraction of sp³-hybridized carbons (Fsp3) is 0.417. The van der Waals surface area contributed by atoms with Crippen LogP contribution < -0.4 is 4.74 Å². The summed E-state index contributed by atoms with van der Waals surface area (Å²) in [6.45, 7) is 1.47. The molecule has 2 rings (SSSR count). The third-order valence-corrected chi connectivity index (χ3v) is 3.81. The normalized spacial score (nSPS) is 15.5. The van der Waals surface area contributed by atoms with Crippen molar-refractivity contribution in [3.8, 4) is 5.75 Å². The number of rotatable bonds is 4. The van der Waals surface area contributed by atoms with Gasteiger partial charge in [-0.2, -0.15) is 8.42 Å². The van der Waals surface area contributed by atoms with Crippen molar-refractivity contribution in [1.29, 1.82) is 0 Å². The molecule has 6 nitrogen and oxygen atoms in total. The molecule has 7 heteroatoms. The Bertz CT molecular complexity index is 546. The molecule has 0 aliphatic carbocycles. The van der Waals surface area contributed by atoms with Crippen molar-refractivity contribution in [2.75, 3.05) is 19.7 Å². The largest absolute Gasteiger partial charge is 0.484 e. The smallest absolute Gasteiger partial charge is 0.294 e. The molecule has 1 saturated heterocycles. The number of amides is 1. The van der Waals surface area contributed by atoms with Crippen molar-refractivity contribution < 1.29 is 22.5 Å². The molecule has 0 atom stereocenters. The van der Waals surface area contributed by atoms with E-state index in [4.69, 9.17) is 9.29 Å². The molecule has 1 amide bonds. The van der Waals surface area contributed by atoms with E-state index >= 15 is 0 Å². The molecule has 0 unspecified atom stereocenters. The molecule has 1 aromatic rings. The van der Waals surface area contributed by atoms with E-state index < -0.39 is 10.1 Å². The van der Waals surface area contributed by atoms with Crippen LogP contribution in [0.5, 0.6) is 5.75 Å². The van der Waals surface area contributed by atoms with Crippen LogP contribution in [0.4, 0.5) is 0 Å². The van der Waals surface area contributed by atoms with Crippen LogP contribution in [0.2, 0.25) is 0 Å². The number of likely N-dealkylation sites (tertiary alicyclic amines) is 1. The lowest BCUT2D eigenvalue weighted by Gasteiger charge is -2.15. The second-order valence-electron chi connectivity index (χ2n) is 4.32. The Hall–Kier alpha value is -1.60. The van der Waals surface area contributed by atoms with Crippen LogP contribution >= 0.6 is 0 Å². The Morgan fingerprint density at radius 1 is 1.21 bits per heavy atom. The van der Waals surface area contributed by atoms with Crippen LogP contribution in [0.1, 0.15) is 12.8 Å². The maximum atomic E-state index is 11.7.